The SMILES string of the molecule is O=S(=O)(C(O)CCO)C(O)CCO. The molecule has 0 aromatic heterocycles. The average Bonchev–Trinajstić information content (AvgIpc) is 2.05. The number of rotatable bonds is 6. The van der Waals surface area contributed by atoms with Gasteiger partial charge in [-0.2, -0.15) is 0 Å². The minimum atomic E-state index is -4.07. The molecule has 0 aromatic carbocycles. The summed E-state index contributed by atoms with van der Waals surface area (Å²) < 4.78 is 22.2. The molecule has 7 heteroatoms. The van der Waals surface area contributed by atoms with Crippen LogP contribution in [0.1, 0.15) is 12.8 Å². The third-order valence-corrected chi connectivity index (χ3v) is 3.50. The van der Waals surface area contributed by atoms with Gasteiger partial charge >= 0.3 is 0 Å². The van der Waals surface area contributed by atoms with Crippen LogP contribution in [0.15, 0.2) is 0 Å². The largest absolute Gasteiger partial charge is 0.396 e. The first-order valence-electron chi connectivity index (χ1n) is 3.77. The van der Waals surface area contributed by atoms with E-state index in [1.165, 1.54) is 0 Å². The highest BCUT2D eigenvalue weighted by molar-refractivity contribution is 7.92. The Morgan fingerprint density at radius 3 is 1.46 bits per heavy atom. The molecule has 0 spiro atoms. The summed E-state index contributed by atoms with van der Waals surface area (Å²) in [5, 5.41) is 34.7. The summed E-state index contributed by atoms with van der Waals surface area (Å²) in [6, 6.07) is 0. The molecule has 6 nitrogen and oxygen atoms in total. The first-order valence-corrected chi connectivity index (χ1v) is 5.38. The van der Waals surface area contributed by atoms with Gasteiger partial charge in [0.1, 0.15) is 0 Å². The fourth-order valence-electron chi connectivity index (χ4n) is 0.731. The van der Waals surface area contributed by atoms with Crippen molar-refractivity contribution in [3.63, 3.8) is 0 Å². The van der Waals surface area contributed by atoms with E-state index >= 15 is 0 Å². The van der Waals surface area contributed by atoms with Gasteiger partial charge in [-0.05, 0) is 0 Å². The van der Waals surface area contributed by atoms with Gasteiger partial charge in [0.05, 0.1) is 0 Å². The minimum Gasteiger partial charge on any atom is -0.396 e. The molecule has 0 aliphatic carbocycles. The fourth-order valence-corrected chi connectivity index (χ4v) is 1.96. The Balaban J connectivity index is 4.37. The Kier molecular flexibility index (Phi) is 5.42. The van der Waals surface area contributed by atoms with Gasteiger partial charge in [0.25, 0.3) is 0 Å². The molecule has 13 heavy (non-hydrogen) atoms. The highest BCUT2D eigenvalue weighted by Gasteiger charge is 2.30. The predicted octanol–water partition coefficient (Wildman–Crippen LogP) is -2.20. The van der Waals surface area contributed by atoms with E-state index in [-0.39, 0.29) is 12.8 Å². The third kappa shape index (κ3) is 3.57. The van der Waals surface area contributed by atoms with E-state index in [1.807, 2.05) is 0 Å². The summed E-state index contributed by atoms with van der Waals surface area (Å²) in [7, 11) is -4.07. The number of hydrogen-bond donors (Lipinski definition) is 4. The van der Waals surface area contributed by atoms with E-state index in [1.54, 1.807) is 0 Å². The molecular formula is C6H14O6S. The maximum absolute atomic E-state index is 11.1. The Morgan fingerprint density at radius 1 is 0.923 bits per heavy atom. The van der Waals surface area contributed by atoms with Gasteiger partial charge in [0.15, 0.2) is 10.9 Å². The van der Waals surface area contributed by atoms with Crippen LogP contribution in [0.5, 0.6) is 0 Å². The molecule has 0 heterocycles. The van der Waals surface area contributed by atoms with Crippen LogP contribution in [0.2, 0.25) is 0 Å². The normalized spacial score (nSPS) is 16.9. The molecule has 0 aliphatic rings. The van der Waals surface area contributed by atoms with Crippen molar-refractivity contribution in [2.24, 2.45) is 0 Å². The van der Waals surface area contributed by atoms with Crippen LogP contribution in [0, 0.1) is 0 Å². The van der Waals surface area contributed by atoms with E-state index in [9.17, 15) is 8.42 Å². The Labute approximate surface area is 76.4 Å². The van der Waals surface area contributed by atoms with Gasteiger partial charge in [0.2, 0.25) is 9.84 Å². The van der Waals surface area contributed by atoms with Gasteiger partial charge in [-0.1, -0.05) is 0 Å². The highest BCUT2D eigenvalue weighted by Crippen LogP contribution is 2.11. The van der Waals surface area contributed by atoms with Crippen LogP contribution in [-0.4, -0.2) is 52.9 Å². The van der Waals surface area contributed by atoms with Crippen molar-refractivity contribution in [1.82, 2.24) is 0 Å². The molecule has 0 amide bonds. The van der Waals surface area contributed by atoms with Crippen molar-refractivity contribution < 1.29 is 28.8 Å². The molecule has 0 bridgehead atoms. The second kappa shape index (κ2) is 5.51. The maximum atomic E-state index is 11.1. The summed E-state index contributed by atoms with van der Waals surface area (Å²) in [6.07, 6.45) is -0.685. The summed E-state index contributed by atoms with van der Waals surface area (Å²) in [6.45, 7) is -0.960. The molecule has 0 aromatic rings. The number of hydrogen-bond acceptors (Lipinski definition) is 6. The van der Waals surface area contributed by atoms with Crippen LogP contribution in [-0.2, 0) is 9.84 Å². The standard InChI is InChI=1S/C6H14O6S/c7-3-1-5(9)13(11,12)6(10)2-4-8/h5-10H,1-4H2. The Bertz CT molecular complexity index is 205. The van der Waals surface area contributed by atoms with E-state index in [0.29, 0.717) is 0 Å². The lowest BCUT2D eigenvalue weighted by molar-refractivity contribution is 0.162. The predicted molar refractivity (Wildman–Crippen MR) is 44.3 cm³/mol. The Hall–Kier alpha value is -0.210. The van der Waals surface area contributed by atoms with E-state index < -0.39 is 33.9 Å². The molecule has 2 atom stereocenters. The Morgan fingerprint density at radius 2 is 1.23 bits per heavy atom. The fraction of sp³-hybridized carbons (Fsp3) is 1.00. The first kappa shape index (κ1) is 12.8. The minimum absolute atomic E-state index is 0.342. The van der Waals surface area contributed by atoms with E-state index in [0.717, 1.165) is 0 Å². The number of sulfone groups is 1. The smallest absolute Gasteiger partial charge is 0.203 e. The maximum Gasteiger partial charge on any atom is 0.203 e. The second-order valence-electron chi connectivity index (χ2n) is 2.52. The van der Waals surface area contributed by atoms with Crippen LogP contribution in [0.25, 0.3) is 0 Å². The van der Waals surface area contributed by atoms with Gasteiger partial charge < -0.3 is 20.4 Å². The highest BCUT2D eigenvalue weighted by atomic mass is 32.2. The molecular weight excluding hydrogens is 200 g/mol. The van der Waals surface area contributed by atoms with Crippen molar-refractivity contribution in [1.29, 1.82) is 0 Å². The molecule has 0 aliphatic heterocycles. The lowest BCUT2D eigenvalue weighted by atomic mass is 10.5. The van der Waals surface area contributed by atoms with Gasteiger partial charge in [-0.25, -0.2) is 8.42 Å². The van der Waals surface area contributed by atoms with Crippen LogP contribution in [0.3, 0.4) is 0 Å². The zero-order valence-corrected chi connectivity index (χ0v) is 7.81. The topological polar surface area (TPSA) is 115 Å². The molecule has 80 valence electrons. The summed E-state index contributed by atoms with van der Waals surface area (Å²) in [4.78, 5) is 0. The zero-order valence-electron chi connectivity index (χ0n) is 7.00. The molecule has 0 fully saturated rings. The monoisotopic (exact) mass is 214 g/mol. The van der Waals surface area contributed by atoms with Crippen LogP contribution in [0.4, 0.5) is 0 Å². The van der Waals surface area contributed by atoms with Gasteiger partial charge in [0, 0.05) is 26.1 Å². The summed E-state index contributed by atoms with van der Waals surface area (Å²) in [5.41, 5.74) is -3.56. The quantitative estimate of drug-likeness (QED) is 0.399. The van der Waals surface area contributed by atoms with E-state index in [4.69, 9.17) is 20.4 Å². The van der Waals surface area contributed by atoms with Gasteiger partial charge in [-0.3, -0.25) is 0 Å². The summed E-state index contributed by atoms with van der Waals surface area (Å²) in [5.74, 6) is 0. The second-order valence-corrected chi connectivity index (χ2v) is 4.79. The molecule has 2 unspecified atom stereocenters. The summed E-state index contributed by atoms with van der Waals surface area (Å²) >= 11 is 0. The average molecular weight is 214 g/mol. The molecule has 0 rings (SSSR count). The van der Waals surface area contributed by atoms with Crippen molar-refractivity contribution in [2.45, 2.75) is 23.7 Å². The molecule has 0 saturated heterocycles. The molecule has 0 radical (unpaired) electrons. The molecule has 0 saturated carbocycles. The van der Waals surface area contributed by atoms with Crippen LogP contribution >= 0.6 is 0 Å². The molecule has 4 N–H and O–H groups in total. The van der Waals surface area contributed by atoms with Crippen molar-refractivity contribution in [2.75, 3.05) is 13.2 Å². The van der Waals surface area contributed by atoms with Crippen molar-refractivity contribution >= 4 is 9.84 Å². The first-order chi connectivity index (χ1) is 5.96. The van der Waals surface area contributed by atoms with Crippen LogP contribution < -0.4 is 0 Å². The number of aliphatic hydroxyl groups excluding tert-OH is 4. The third-order valence-electron chi connectivity index (χ3n) is 1.51. The number of aliphatic hydroxyl groups is 4. The zero-order chi connectivity index (χ0) is 10.5. The lowest BCUT2D eigenvalue weighted by Crippen LogP contribution is -2.33. The lowest BCUT2D eigenvalue weighted by Gasteiger charge is -2.15. The van der Waals surface area contributed by atoms with Crippen molar-refractivity contribution in [3.05, 3.63) is 0 Å². The van der Waals surface area contributed by atoms with E-state index in [2.05, 4.69) is 0 Å². The van der Waals surface area contributed by atoms with Gasteiger partial charge in [-0.15, -0.1) is 0 Å². The van der Waals surface area contributed by atoms with Crippen molar-refractivity contribution in [3.8, 4) is 0 Å².